The van der Waals surface area contributed by atoms with Gasteiger partial charge in [-0.15, -0.1) is 10.2 Å². The molecule has 0 spiro atoms. The molecule has 6 nitrogen and oxygen atoms in total. The summed E-state index contributed by atoms with van der Waals surface area (Å²) < 4.78 is 5.15. The van der Waals surface area contributed by atoms with Gasteiger partial charge in [0.2, 0.25) is 0 Å². The molecule has 0 aliphatic rings. The molecule has 1 heterocycles. The number of ether oxygens (including phenoxy) is 1. The van der Waals surface area contributed by atoms with Crippen LogP contribution in [0.2, 0.25) is 0 Å². The van der Waals surface area contributed by atoms with E-state index in [1.165, 1.54) is 4.80 Å². The number of hydrogen-bond donors (Lipinski definition) is 1. The summed E-state index contributed by atoms with van der Waals surface area (Å²) in [5.41, 5.74) is 0. The van der Waals surface area contributed by atoms with E-state index in [0.717, 1.165) is 19.8 Å². The molecule has 0 aliphatic carbocycles. The first kappa shape index (κ1) is 10.1. The zero-order chi connectivity index (χ0) is 9.52. The average molecular weight is 185 g/mol. The molecule has 0 amide bonds. The summed E-state index contributed by atoms with van der Waals surface area (Å²) in [5, 5.41) is 14.7. The van der Waals surface area contributed by atoms with E-state index in [1.807, 2.05) is 6.92 Å². The summed E-state index contributed by atoms with van der Waals surface area (Å²) in [4.78, 5) is 1.44. The Morgan fingerprint density at radius 1 is 1.54 bits per heavy atom. The second-order valence-corrected chi connectivity index (χ2v) is 2.57. The summed E-state index contributed by atoms with van der Waals surface area (Å²) >= 11 is 0. The molecule has 74 valence electrons. The number of rotatable bonds is 6. The third-order valence-corrected chi connectivity index (χ3v) is 1.46. The molecule has 0 radical (unpaired) electrons. The second-order valence-electron chi connectivity index (χ2n) is 2.57. The highest BCUT2D eigenvalue weighted by molar-refractivity contribution is 4.74. The maximum atomic E-state index is 5.15. The summed E-state index contributed by atoms with van der Waals surface area (Å²) in [6.45, 7) is 4.90. The zero-order valence-electron chi connectivity index (χ0n) is 8.03. The molecule has 0 aromatic carbocycles. The lowest BCUT2D eigenvalue weighted by Crippen LogP contribution is -2.20. The fourth-order valence-corrected chi connectivity index (χ4v) is 0.883. The lowest BCUT2D eigenvalue weighted by Gasteiger charge is -2.00. The predicted molar refractivity (Wildman–Crippen MR) is 47.0 cm³/mol. The van der Waals surface area contributed by atoms with Crippen molar-refractivity contribution < 1.29 is 4.74 Å². The van der Waals surface area contributed by atoms with Crippen molar-refractivity contribution in [2.45, 2.75) is 13.5 Å². The molecule has 0 atom stereocenters. The monoisotopic (exact) mass is 185 g/mol. The number of tetrazole rings is 1. The summed E-state index contributed by atoms with van der Waals surface area (Å²) in [5.74, 6) is 0.707. The van der Waals surface area contributed by atoms with Crippen molar-refractivity contribution in [3.8, 4) is 0 Å². The van der Waals surface area contributed by atoms with E-state index in [1.54, 1.807) is 7.05 Å². The molecule has 13 heavy (non-hydrogen) atoms. The largest absolute Gasteiger partial charge is 0.380 e. The molecule has 0 saturated heterocycles. The Hall–Kier alpha value is -1.01. The molecule has 0 aliphatic heterocycles. The van der Waals surface area contributed by atoms with Gasteiger partial charge in [-0.2, -0.15) is 4.80 Å². The Bertz CT molecular complexity index is 237. The lowest BCUT2D eigenvalue weighted by atomic mass is 10.5. The Morgan fingerprint density at radius 3 is 3.00 bits per heavy atom. The van der Waals surface area contributed by atoms with Crippen molar-refractivity contribution >= 4 is 0 Å². The third-order valence-electron chi connectivity index (χ3n) is 1.46. The van der Waals surface area contributed by atoms with Gasteiger partial charge in [0.25, 0.3) is 0 Å². The quantitative estimate of drug-likeness (QED) is 0.596. The molecule has 1 aromatic heterocycles. The molecule has 0 fully saturated rings. The van der Waals surface area contributed by atoms with Crippen LogP contribution in [0.25, 0.3) is 0 Å². The lowest BCUT2D eigenvalue weighted by molar-refractivity contribution is 0.149. The minimum atomic E-state index is 0.640. The van der Waals surface area contributed by atoms with E-state index < -0.39 is 0 Å². The van der Waals surface area contributed by atoms with Crippen molar-refractivity contribution in [2.24, 2.45) is 7.05 Å². The van der Waals surface area contributed by atoms with Gasteiger partial charge in [0.1, 0.15) is 0 Å². The smallest absolute Gasteiger partial charge is 0.188 e. The van der Waals surface area contributed by atoms with Crippen molar-refractivity contribution in [2.75, 3.05) is 19.8 Å². The third kappa shape index (κ3) is 3.95. The van der Waals surface area contributed by atoms with Gasteiger partial charge in [-0.3, -0.25) is 0 Å². The van der Waals surface area contributed by atoms with Crippen LogP contribution in [0.4, 0.5) is 0 Å². The summed E-state index contributed by atoms with van der Waals surface area (Å²) in [6, 6.07) is 0. The van der Waals surface area contributed by atoms with Gasteiger partial charge in [0.05, 0.1) is 20.2 Å². The van der Waals surface area contributed by atoms with Crippen LogP contribution in [0.1, 0.15) is 12.7 Å². The average Bonchev–Trinajstić information content (AvgIpc) is 2.51. The second kappa shape index (κ2) is 5.60. The van der Waals surface area contributed by atoms with Crippen LogP contribution in [0.5, 0.6) is 0 Å². The van der Waals surface area contributed by atoms with E-state index in [2.05, 4.69) is 20.7 Å². The molecule has 0 unspecified atom stereocenters. The number of hydrogen-bond acceptors (Lipinski definition) is 5. The van der Waals surface area contributed by atoms with Gasteiger partial charge in [-0.1, -0.05) is 0 Å². The number of nitrogens with one attached hydrogen (secondary N) is 1. The zero-order valence-corrected chi connectivity index (χ0v) is 8.03. The van der Waals surface area contributed by atoms with Crippen LogP contribution in [0.15, 0.2) is 0 Å². The Morgan fingerprint density at radius 2 is 2.38 bits per heavy atom. The molecule has 0 bridgehead atoms. The molecule has 6 heteroatoms. The highest BCUT2D eigenvalue weighted by atomic mass is 16.5. The molecule has 0 saturated carbocycles. The van der Waals surface area contributed by atoms with Crippen molar-refractivity contribution in [3.63, 3.8) is 0 Å². The predicted octanol–water partition coefficient (Wildman–Crippen LogP) is -0.664. The van der Waals surface area contributed by atoms with Crippen molar-refractivity contribution in [1.82, 2.24) is 25.5 Å². The Balaban J connectivity index is 2.06. The van der Waals surface area contributed by atoms with E-state index in [0.29, 0.717) is 12.4 Å². The highest BCUT2D eigenvalue weighted by Gasteiger charge is 1.97. The number of nitrogens with zero attached hydrogens (tertiary/aromatic N) is 4. The van der Waals surface area contributed by atoms with E-state index in [-0.39, 0.29) is 0 Å². The van der Waals surface area contributed by atoms with Crippen LogP contribution >= 0.6 is 0 Å². The van der Waals surface area contributed by atoms with E-state index >= 15 is 0 Å². The minimum Gasteiger partial charge on any atom is -0.380 e. The van der Waals surface area contributed by atoms with Crippen LogP contribution in [0, 0.1) is 0 Å². The molecular weight excluding hydrogens is 170 g/mol. The Kier molecular flexibility index (Phi) is 4.34. The summed E-state index contributed by atoms with van der Waals surface area (Å²) in [6.07, 6.45) is 0. The van der Waals surface area contributed by atoms with Crippen LogP contribution in [0.3, 0.4) is 0 Å². The number of aromatic nitrogens is 4. The van der Waals surface area contributed by atoms with Gasteiger partial charge >= 0.3 is 0 Å². The standard InChI is InChI=1S/C7H15N5O/c1-3-13-5-4-8-6-7-9-11-12(2)10-7/h8H,3-6H2,1-2H3. The first-order valence-electron chi connectivity index (χ1n) is 4.34. The Labute approximate surface area is 77.3 Å². The normalized spacial score (nSPS) is 10.6. The maximum Gasteiger partial charge on any atom is 0.188 e. The fraction of sp³-hybridized carbons (Fsp3) is 0.857. The van der Waals surface area contributed by atoms with Crippen molar-refractivity contribution in [3.05, 3.63) is 5.82 Å². The van der Waals surface area contributed by atoms with Gasteiger partial charge in [-0.05, 0) is 12.1 Å². The number of aryl methyl sites for hydroxylation is 1. The van der Waals surface area contributed by atoms with Gasteiger partial charge in [-0.25, -0.2) is 0 Å². The summed E-state index contributed by atoms with van der Waals surface area (Å²) in [7, 11) is 1.75. The topological polar surface area (TPSA) is 64.9 Å². The van der Waals surface area contributed by atoms with Gasteiger partial charge in [0, 0.05) is 13.2 Å². The SMILES string of the molecule is CCOCCNCc1nnn(C)n1. The van der Waals surface area contributed by atoms with Crippen LogP contribution in [-0.2, 0) is 18.3 Å². The van der Waals surface area contributed by atoms with Crippen LogP contribution in [-0.4, -0.2) is 40.0 Å². The maximum absolute atomic E-state index is 5.15. The van der Waals surface area contributed by atoms with Gasteiger partial charge in [0.15, 0.2) is 5.82 Å². The molecular formula is C7H15N5O. The minimum absolute atomic E-state index is 0.640. The molecule has 1 N–H and O–H groups in total. The van der Waals surface area contributed by atoms with E-state index in [9.17, 15) is 0 Å². The van der Waals surface area contributed by atoms with E-state index in [4.69, 9.17) is 4.74 Å². The van der Waals surface area contributed by atoms with Crippen LogP contribution < -0.4 is 5.32 Å². The molecule has 1 rings (SSSR count). The van der Waals surface area contributed by atoms with Gasteiger partial charge < -0.3 is 10.1 Å². The first-order valence-corrected chi connectivity index (χ1v) is 4.34. The van der Waals surface area contributed by atoms with Crippen molar-refractivity contribution in [1.29, 1.82) is 0 Å². The fourth-order valence-electron chi connectivity index (χ4n) is 0.883. The first-order chi connectivity index (χ1) is 6.33. The molecule has 1 aromatic rings. The highest BCUT2D eigenvalue weighted by Crippen LogP contribution is 1.82.